The van der Waals surface area contributed by atoms with E-state index in [1.165, 1.54) is 0 Å². The van der Waals surface area contributed by atoms with Gasteiger partial charge in [-0.05, 0) is 49.4 Å². The second-order valence-electron chi connectivity index (χ2n) is 7.08. The number of carbonyl (C=O) groups is 1. The van der Waals surface area contributed by atoms with Crippen molar-refractivity contribution >= 4 is 34.7 Å². The summed E-state index contributed by atoms with van der Waals surface area (Å²) in [6.45, 7) is 1.94. The summed E-state index contributed by atoms with van der Waals surface area (Å²) >= 11 is 8.11. The van der Waals surface area contributed by atoms with Crippen molar-refractivity contribution in [3.05, 3.63) is 68.6 Å². The molecule has 1 aromatic heterocycles. The van der Waals surface area contributed by atoms with Gasteiger partial charge in [0.05, 0.1) is 5.02 Å². The number of nitrogens with one attached hydrogen (secondary N) is 1. The minimum Gasteiger partial charge on any atom is -0.396 e. The van der Waals surface area contributed by atoms with Crippen molar-refractivity contribution in [1.29, 1.82) is 0 Å². The van der Waals surface area contributed by atoms with Gasteiger partial charge in [0.25, 0.3) is 5.56 Å². The van der Waals surface area contributed by atoms with E-state index in [1.807, 2.05) is 30.3 Å². The first kappa shape index (κ1) is 20.9. The van der Waals surface area contributed by atoms with Gasteiger partial charge >= 0.3 is 0 Å². The Bertz CT molecular complexity index is 951. The number of hydrogen-bond donors (Lipinski definition) is 2. The molecule has 0 saturated heterocycles. The molecule has 4 nitrogen and oxygen atoms in total. The number of aromatic nitrogens is 1. The summed E-state index contributed by atoms with van der Waals surface area (Å²) in [5.74, 6) is 1.25. The highest BCUT2D eigenvalue weighted by molar-refractivity contribution is 7.99. The Morgan fingerprint density at radius 3 is 2.79 bits per heavy atom. The van der Waals surface area contributed by atoms with E-state index in [-0.39, 0.29) is 23.9 Å². The number of thioether (sulfide) groups is 1. The number of rotatable bonds is 7. The second kappa shape index (κ2) is 9.59. The van der Waals surface area contributed by atoms with Crippen molar-refractivity contribution in [3.63, 3.8) is 0 Å². The van der Waals surface area contributed by atoms with Crippen molar-refractivity contribution in [3.8, 4) is 0 Å². The zero-order valence-corrected chi connectivity index (χ0v) is 17.4. The lowest BCUT2D eigenvalue weighted by molar-refractivity contribution is -0.117. The number of benzene rings is 1. The van der Waals surface area contributed by atoms with Crippen molar-refractivity contribution in [1.82, 2.24) is 4.98 Å². The lowest BCUT2D eigenvalue weighted by Gasteiger charge is -2.13. The predicted octanol–water partition coefficient (Wildman–Crippen LogP) is 4.61. The van der Waals surface area contributed by atoms with E-state index in [0.29, 0.717) is 29.8 Å². The van der Waals surface area contributed by atoms with Crippen LogP contribution in [0.4, 0.5) is 0 Å². The van der Waals surface area contributed by atoms with E-state index in [9.17, 15) is 9.59 Å². The SMILES string of the molecule is Cc1ccc(/C(=C/[C@H]2CCC(=O)C2)c2ccc(SCCCO)c(Cl)c2)[nH]c1=O. The van der Waals surface area contributed by atoms with Crippen LogP contribution < -0.4 is 5.56 Å². The van der Waals surface area contributed by atoms with Crippen LogP contribution in [0.3, 0.4) is 0 Å². The fourth-order valence-corrected chi connectivity index (χ4v) is 4.50. The normalized spacial score (nSPS) is 17.3. The molecule has 0 aliphatic heterocycles. The summed E-state index contributed by atoms with van der Waals surface area (Å²) in [6.07, 6.45) is 4.80. The largest absolute Gasteiger partial charge is 0.396 e. The summed E-state index contributed by atoms with van der Waals surface area (Å²) in [5, 5.41) is 9.59. The van der Waals surface area contributed by atoms with E-state index in [4.69, 9.17) is 16.7 Å². The number of pyridine rings is 1. The first-order chi connectivity index (χ1) is 13.5. The molecule has 1 heterocycles. The van der Waals surface area contributed by atoms with Gasteiger partial charge in [0.2, 0.25) is 0 Å². The van der Waals surface area contributed by atoms with E-state index in [0.717, 1.165) is 33.9 Å². The first-order valence-electron chi connectivity index (χ1n) is 9.45. The lowest BCUT2D eigenvalue weighted by Crippen LogP contribution is -2.11. The highest BCUT2D eigenvalue weighted by Gasteiger charge is 2.22. The molecule has 28 heavy (non-hydrogen) atoms. The maximum absolute atomic E-state index is 12.1. The monoisotopic (exact) mass is 417 g/mol. The van der Waals surface area contributed by atoms with Gasteiger partial charge in [-0.2, -0.15) is 0 Å². The minimum absolute atomic E-state index is 0.117. The summed E-state index contributed by atoms with van der Waals surface area (Å²) in [7, 11) is 0. The van der Waals surface area contributed by atoms with Crippen molar-refractivity contribution < 1.29 is 9.90 Å². The zero-order valence-electron chi connectivity index (χ0n) is 15.8. The molecule has 0 radical (unpaired) electrons. The smallest absolute Gasteiger partial charge is 0.251 e. The molecule has 1 saturated carbocycles. The Kier molecular flexibility index (Phi) is 7.16. The van der Waals surface area contributed by atoms with Gasteiger partial charge in [-0.1, -0.05) is 29.8 Å². The fraction of sp³-hybridized carbons (Fsp3) is 0.364. The third-order valence-electron chi connectivity index (χ3n) is 4.89. The van der Waals surface area contributed by atoms with E-state index < -0.39 is 0 Å². The number of halogens is 1. The quantitative estimate of drug-likeness (QED) is 0.509. The van der Waals surface area contributed by atoms with Gasteiger partial charge in [-0.25, -0.2) is 0 Å². The van der Waals surface area contributed by atoms with Gasteiger partial charge in [0.15, 0.2) is 0 Å². The number of aromatic amines is 1. The average molecular weight is 418 g/mol. The number of hydrogen-bond acceptors (Lipinski definition) is 4. The molecule has 6 heteroatoms. The molecule has 0 unspecified atom stereocenters. The van der Waals surface area contributed by atoms with Crippen LogP contribution in [0.15, 0.2) is 46.1 Å². The number of aliphatic hydroxyl groups excluding tert-OH is 1. The summed E-state index contributed by atoms with van der Waals surface area (Å²) in [4.78, 5) is 27.8. The standard InChI is InChI=1S/C22H24ClNO3S/c1-14-3-7-20(24-22(14)27)18(12-15-4-6-17(26)11-15)16-5-8-21(19(23)13-16)28-10-2-9-25/h3,5,7-8,12-13,15,25H,2,4,6,9-11H2,1H3,(H,24,27)/b18-12+/t15-/m0/s1. The van der Waals surface area contributed by atoms with Crippen LogP contribution in [0.1, 0.15) is 42.5 Å². The molecule has 3 rings (SSSR count). The van der Waals surface area contributed by atoms with Crippen LogP contribution in [0.2, 0.25) is 5.02 Å². The molecule has 0 amide bonds. The second-order valence-corrected chi connectivity index (χ2v) is 8.62. The highest BCUT2D eigenvalue weighted by Crippen LogP contribution is 2.34. The van der Waals surface area contributed by atoms with Crippen LogP contribution in [-0.2, 0) is 4.79 Å². The van der Waals surface area contributed by atoms with E-state index in [1.54, 1.807) is 18.7 Å². The van der Waals surface area contributed by atoms with Crippen molar-refractivity contribution in [2.45, 2.75) is 37.5 Å². The number of allylic oxidation sites excluding steroid dienone is 1. The Morgan fingerprint density at radius 1 is 1.32 bits per heavy atom. The first-order valence-corrected chi connectivity index (χ1v) is 10.8. The third kappa shape index (κ3) is 5.16. The maximum Gasteiger partial charge on any atom is 0.251 e. The zero-order chi connectivity index (χ0) is 20.1. The van der Waals surface area contributed by atoms with Gasteiger partial charge < -0.3 is 10.1 Å². The molecule has 0 spiro atoms. The molecule has 1 fully saturated rings. The van der Waals surface area contributed by atoms with E-state index in [2.05, 4.69) is 11.1 Å². The van der Waals surface area contributed by atoms with E-state index >= 15 is 0 Å². The molecular formula is C22H24ClNO3S. The van der Waals surface area contributed by atoms with Crippen LogP contribution in [0.5, 0.6) is 0 Å². The topological polar surface area (TPSA) is 70.2 Å². The molecular weight excluding hydrogens is 394 g/mol. The average Bonchev–Trinajstić information content (AvgIpc) is 3.08. The van der Waals surface area contributed by atoms with Crippen LogP contribution in [0, 0.1) is 12.8 Å². The van der Waals surface area contributed by atoms with Crippen LogP contribution in [-0.4, -0.2) is 28.2 Å². The molecule has 2 N–H and O–H groups in total. The Morgan fingerprint density at radius 2 is 2.14 bits per heavy atom. The Hall–Kier alpha value is -1.82. The molecule has 1 atom stereocenters. The summed E-state index contributed by atoms with van der Waals surface area (Å²) in [5.41, 5.74) is 3.08. The number of aliphatic hydroxyl groups is 1. The minimum atomic E-state index is -0.117. The van der Waals surface area contributed by atoms with Crippen LogP contribution >= 0.6 is 23.4 Å². The van der Waals surface area contributed by atoms with Gasteiger partial charge in [-0.3, -0.25) is 9.59 Å². The number of carbonyl (C=O) groups excluding carboxylic acids is 1. The lowest BCUT2D eigenvalue weighted by atomic mass is 9.96. The molecule has 0 bridgehead atoms. The maximum atomic E-state index is 12.1. The summed E-state index contributed by atoms with van der Waals surface area (Å²) in [6, 6.07) is 9.58. The predicted molar refractivity (Wildman–Crippen MR) is 115 cm³/mol. The van der Waals surface area contributed by atoms with Crippen molar-refractivity contribution in [2.75, 3.05) is 12.4 Å². The highest BCUT2D eigenvalue weighted by atomic mass is 35.5. The molecule has 148 valence electrons. The number of H-pyrrole nitrogens is 1. The van der Waals surface area contributed by atoms with Gasteiger partial charge in [-0.15, -0.1) is 11.8 Å². The summed E-state index contributed by atoms with van der Waals surface area (Å²) < 4.78 is 0. The molecule has 1 aromatic carbocycles. The number of Topliss-reactive ketones (excluding diaryl/α,β-unsaturated/α-hetero) is 1. The molecule has 1 aliphatic carbocycles. The van der Waals surface area contributed by atoms with Gasteiger partial charge in [0, 0.05) is 46.9 Å². The third-order valence-corrected chi connectivity index (χ3v) is 6.47. The van der Waals surface area contributed by atoms with Gasteiger partial charge in [0.1, 0.15) is 5.78 Å². The molecule has 1 aliphatic rings. The Labute approximate surface area is 174 Å². The Balaban J connectivity index is 1.97. The number of ketones is 1. The van der Waals surface area contributed by atoms with Crippen molar-refractivity contribution in [2.24, 2.45) is 5.92 Å². The number of aryl methyl sites for hydroxylation is 1. The van der Waals surface area contributed by atoms with Crippen LogP contribution in [0.25, 0.3) is 5.57 Å². The molecule has 2 aromatic rings. The fourth-order valence-electron chi connectivity index (χ4n) is 3.30.